The Balaban J connectivity index is 1.70. The maximum atomic E-state index is 11.7. The largest absolute Gasteiger partial charge is 0.456 e. The van der Waals surface area contributed by atoms with Crippen molar-refractivity contribution in [1.29, 1.82) is 0 Å². The minimum absolute atomic E-state index is 0.128. The molecule has 2 heterocycles. The van der Waals surface area contributed by atoms with Gasteiger partial charge in [0.05, 0.1) is 11.0 Å². The molecule has 0 aliphatic carbocycles. The molecule has 0 saturated carbocycles. The van der Waals surface area contributed by atoms with Crippen LogP contribution in [0.25, 0.3) is 39.0 Å². The zero-order valence-electron chi connectivity index (χ0n) is 15.5. The highest BCUT2D eigenvalue weighted by molar-refractivity contribution is 9.10. The summed E-state index contributed by atoms with van der Waals surface area (Å²) in [5, 5.41) is 3.92. The minimum Gasteiger partial charge on any atom is -0.456 e. The number of hydrogen-bond donors (Lipinski definition) is 1. The summed E-state index contributed by atoms with van der Waals surface area (Å²) in [6.45, 7) is 1.50. The highest BCUT2D eigenvalue weighted by Gasteiger charge is 2.12. The highest BCUT2D eigenvalue weighted by atomic mass is 79.9. The van der Waals surface area contributed by atoms with Gasteiger partial charge in [0.1, 0.15) is 17.7 Å². The number of hydrogen-bond acceptors (Lipinski definition) is 3. The van der Waals surface area contributed by atoms with Crippen molar-refractivity contribution in [2.24, 2.45) is 0 Å². The molecule has 5 aromatic rings. The van der Waals surface area contributed by atoms with Crippen LogP contribution in [0.1, 0.15) is 6.92 Å². The fourth-order valence-electron chi connectivity index (χ4n) is 3.48. The first-order chi connectivity index (χ1) is 14.1. The summed E-state index contributed by atoms with van der Waals surface area (Å²) in [4.78, 5) is 16.2. The van der Waals surface area contributed by atoms with Crippen molar-refractivity contribution in [3.8, 4) is 17.0 Å². The molecule has 0 unspecified atom stereocenters. The van der Waals surface area contributed by atoms with Crippen LogP contribution >= 0.6 is 15.9 Å². The van der Waals surface area contributed by atoms with Crippen molar-refractivity contribution in [2.45, 2.75) is 6.92 Å². The number of para-hydroxylation sites is 1. The predicted molar refractivity (Wildman–Crippen MR) is 118 cm³/mol. The fraction of sp³-hybridized carbons (Fsp3) is 0.0435. The topological polar surface area (TPSA) is 60.1 Å². The molecule has 2 aromatic heterocycles. The lowest BCUT2D eigenvalue weighted by atomic mass is 10.1. The monoisotopic (exact) mass is 445 g/mol. The van der Waals surface area contributed by atoms with Gasteiger partial charge in [-0.1, -0.05) is 34.1 Å². The van der Waals surface area contributed by atoms with Crippen LogP contribution in [-0.2, 0) is 4.79 Å². The lowest BCUT2D eigenvalue weighted by Gasteiger charge is -2.11. The minimum atomic E-state index is -0.128. The highest BCUT2D eigenvalue weighted by Crippen LogP contribution is 2.32. The second-order valence-electron chi connectivity index (χ2n) is 6.85. The van der Waals surface area contributed by atoms with Gasteiger partial charge in [0.2, 0.25) is 5.91 Å². The average Bonchev–Trinajstić information content (AvgIpc) is 3.31. The molecule has 1 N–H and O–H groups in total. The van der Waals surface area contributed by atoms with Crippen LogP contribution < -0.4 is 5.32 Å². The van der Waals surface area contributed by atoms with E-state index >= 15 is 0 Å². The summed E-state index contributed by atoms with van der Waals surface area (Å²) in [7, 11) is 0. The summed E-state index contributed by atoms with van der Waals surface area (Å²) in [5.41, 5.74) is 5.15. The van der Waals surface area contributed by atoms with Crippen LogP contribution in [0.2, 0.25) is 0 Å². The third-order valence-electron chi connectivity index (χ3n) is 4.74. The lowest BCUT2D eigenvalue weighted by Crippen LogP contribution is -2.06. The molecule has 29 heavy (non-hydrogen) atoms. The van der Waals surface area contributed by atoms with Gasteiger partial charge in [0.25, 0.3) is 0 Å². The zero-order valence-corrected chi connectivity index (χ0v) is 17.1. The van der Waals surface area contributed by atoms with Gasteiger partial charge in [-0.25, -0.2) is 4.98 Å². The van der Waals surface area contributed by atoms with Gasteiger partial charge >= 0.3 is 0 Å². The first-order valence-corrected chi connectivity index (χ1v) is 9.91. The number of halogens is 1. The van der Waals surface area contributed by atoms with E-state index in [-0.39, 0.29) is 5.91 Å². The number of rotatable bonds is 3. The zero-order chi connectivity index (χ0) is 20.0. The number of benzene rings is 3. The quantitative estimate of drug-likeness (QED) is 0.361. The van der Waals surface area contributed by atoms with E-state index in [4.69, 9.17) is 4.42 Å². The third-order valence-corrected chi connectivity index (χ3v) is 5.23. The predicted octanol–water partition coefficient (Wildman–Crippen LogP) is 6.16. The Kier molecular flexibility index (Phi) is 4.21. The number of amides is 1. The van der Waals surface area contributed by atoms with E-state index in [0.29, 0.717) is 5.69 Å². The number of anilines is 1. The van der Waals surface area contributed by atoms with Crippen molar-refractivity contribution in [3.05, 3.63) is 77.5 Å². The maximum Gasteiger partial charge on any atom is 0.221 e. The van der Waals surface area contributed by atoms with Gasteiger partial charge in [-0.15, -0.1) is 0 Å². The van der Waals surface area contributed by atoms with E-state index in [2.05, 4.69) is 26.2 Å². The Bertz CT molecular complexity index is 1350. The lowest BCUT2D eigenvalue weighted by molar-refractivity contribution is -0.114. The van der Waals surface area contributed by atoms with Gasteiger partial charge in [-0.2, -0.15) is 0 Å². The van der Waals surface area contributed by atoms with Gasteiger partial charge in [0.15, 0.2) is 0 Å². The standard InChI is InChI=1S/C23H16BrN3O2/c1-14(28)26-18-8-16(23-10-15-4-2-3-5-22(15)29-23)9-19(12-18)27-13-25-20-11-17(24)6-7-21(20)27/h2-13H,1H3,(H,26,28). The molecule has 3 aromatic carbocycles. The Labute approximate surface area is 175 Å². The van der Waals surface area contributed by atoms with Crippen LogP contribution in [-0.4, -0.2) is 15.5 Å². The van der Waals surface area contributed by atoms with E-state index < -0.39 is 0 Å². The summed E-state index contributed by atoms with van der Waals surface area (Å²) in [6.07, 6.45) is 1.78. The molecule has 0 atom stereocenters. The van der Waals surface area contributed by atoms with Crippen molar-refractivity contribution in [2.75, 3.05) is 5.32 Å². The van der Waals surface area contributed by atoms with Crippen molar-refractivity contribution in [1.82, 2.24) is 9.55 Å². The summed E-state index contributed by atoms with van der Waals surface area (Å²) < 4.78 is 9.02. The van der Waals surface area contributed by atoms with Crippen LogP contribution in [0.15, 0.2) is 81.9 Å². The number of fused-ring (bicyclic) bond motifs is 2. The third kappa shape index (κ3) is 3.32. The van der Waals surface area contributed by atoms with Gasteiger partial charge in [-0.05, 0) is 48.5 Å². The van der Waals surface area contributed by atoms with Crippen LogP contribution in [0.5, 0.6) is 0 Å². The molecule has 0 saturated heterocycles. The molecule has 1 amide bonds. The van der Waals surface area contributed by atoms with Gasteiger partial charge in [0, 0.05) is 33.7 Å². The van der Waals surface area contributed by atoms with Crippen molar-refractivity contribution < 1.29 is 9.21 Å². The number of aromatic nitrogens is 2. The number of furan rings is 1. The average molecular weight is 446 g/mol. The molecular weight excluding hydrogens is 430 g/mol. The molecule has 0 fully saturated rings. The molecule has 0 aliphatic heterocycles. The second kappa shape index (κ2) is 6.90. The molecule has 5 nitrogen and oxygen atoms in total. The Morgan fingerprint density at radius 2 is 1.93 bits per heavy atom. The van der Waals surface area contributed by atoms with E-state index in [9.17, 15) is 4.79 Å². The summed E-state index contributed by atoms with van der Waals surface area (Å²) in [5.74, 6) is 0.615. The molecule has 0 aliphatic rings. The fourth-order valence-corrected chi connectivity index (χ4v) is 3.83. The first kappa shape index (κ1) is 17.7. The molecule has 0 bridgehead atoms. The molecule has 6 heteroatoms. The van der Waals surface area contributed by atoms with E-state index in [1.807, 2.05) is 71.3 Å². The first-order valence-electron chi connectivity index (χ1n) is 9.11. The number of carbonyl (C=O) groups excluding carboxylic acids is 1. The Morgan fingerprint density at radius 3 is 2.76 bits per heavy atom. The Hall–Kier alpha value is -3.38. The molecular formula is C23H16BrN3O2. The molecule has 0 spiro atoms. The summed E-state index contributed by atoms with van der Waals surface area (Å²) >= 11 is 3.49. The van der Waals surface area contributed by atoms with Crippen LogP contribution in [0.3, 0.4) is 0 Å². The van der Waals surface area contributed by atoms with Crippen molar-refractivity contribution >= 4 is 49.5 Å². The van der Waals surface area contributed by atoms with Gasteiger partial charge in [-0.3, -0.25) is 9.36 Å². The van der Waals surface area contributed by atoms with Crippen molar-refractivity contribution in [3.63, 3.8) is 0 Å². The smallest absolute Gasteiger partial charge is 0.221 e. The maximum absolute atomic E-state index is 11.7. The SMILES string of the molecule is CC(=O)Nc1cc(-c2cc3ccccc3o2)cc(-n2cnc3cc(Br)ccc32)c1. The van der Waals surface area contributed by atoms with Gasteiger partial charge < -0.3 is 9.73 Å². The Morgan fingerprint density at radius 1 is 1.07 bits per heavy atom. The van der Waals surface area contributed by atoms with E-state index in [1.165, 1.54) is 6.92 Å². The summed E-state index contributed by atoms with van der Waals surface area (Å²) in [6, 6.07) is 21.7. The molecule has 0 radical (unpaired) electrons. The number of carbonyl (C=O) groups is 1. The number of imidazole rings is 1. The van der Waals surface area contributed by atoms with Crippen LogP contribution in [0, 0.1) is 0 Å². The van der Waals surface area contributed by atoms with E-state index in [1.54, 1.807) is 6.33 Å². The van der Waals surface area contributed by atoms with Crippen LogP contribution in [0.4, 0.5) is 5.69 Å². The molecule has 142 valence electrons. The normalized spacial score (nSPS) is 11.2. The number of nitrogens with zero attached hydrogens (tertiary/aromatic N) is 2. The van der Waals surface area contributed by atoms with E-state index in [0.717, 1.165) is 43.5 Å². The number of nitrogens with one attached hydrogen (secondary N) is 1. The second-order valence-corrected chi connectivity index (χ2v) is 7.76. The molecule has 5 rings (SSSR count).